The number of aromatic nitrogens is 1. The van der Waals surface area contributed by atoms with Crippen LogP contribution in [0.25, 0.3) is 10.6 Å². The van der Waals surface area contributed by atoms with E-state index in [9.17, 15) is 14.0 Å². The average molecular weight is 410 g/mol. The van der Waals surface area contributed by atoms with Gasteiger partial charge < -0.3 is 9.64 Å². The molecule has 0 radical (unpaired) electrons. The number of aryl methyl sites for hydroxylation is 1. The van der Waals surface area contributed by atoms with Crippen molar-refractivity contribution in [1.29, 1.82) is 0 Å². The molecule has 3 aromatic rings. The smallest absolute Gasteiger partial charge is 0.351 e. The van der Waals surface area contributed by atoms with Crippen molar-refractivity contribution in [2.24, 2.45) is 0 Å². The second-order valence-electron chi connectivity index (χ2n) is 6.86. The number of hydrogen-bond acceptors (Lipinski definition) is 5. The summed E-state index contributed by atoms with van der Waals surface area (Å²) in [4.78, 5) is 31.9. The molecule has 148 valence electrons. The zero-order chi connectivity index (χ0) is 20.5. The van der Waals surface area contributed by atoms with Crippen LogP contribution in [0.15, 0.2) is 48.5 Å². The Morgan fingerprint density at radius 1 is 1.17 bits per heavy atom. The van der Waals surface area contributed by atoms with Crippen LogP contribution in [0.3, 0.4) is 0 Å². The Morgan fingerprint density at radius 2 is 1.90 bits per heavy atom. The Labute approximate surface area is 171 Å². The van der Waals surface area contributed by atoms with Gasteiger partial charge in [-0.25, -0.2) is 14.2 Å². The topological polar surface area (TPSA) is 59.5 Å². The van der Waals surface area contributed by atoms with E-state index < -0.39 is 12.1 Å². The van der Waals surface area contributed by atoms with Crippen molar-refractivity contribution in [3.8, 4) is 10.6 Å². The third-order valence-corrected chi connectivity index (χ3v) is 6.04. The molecular formula is C22H19FN2O3S. The highest BCUT2D eigenvalue weighted by atomic mass is 32.1. The number of para-hydroxylation sites is 1. The lowest BCUT2D eigenvalue weighted by Crippen LogP contribution is -2.39. The summed E-state index contributed by atoms with van der Waals surface area (Å²) in [7, 11) is 0. The second kappa shape index (κ2) is 7.75. The molecule has 2 heterocycles. The van der Waals surface area contributed by atoms with Crippen LogP contribution in [0, 0.1) is 12.7 Å². The van der Waals surface area contributed by atoms with Gasteiger partial charge in [-0.15, -0.1) is 11.3 Å². The molecular weight excluding hydrogens is 391 g/mol. The third-order valence-electron chi connectivity index (χ3n) is 4.86. The van der Waals surface area contributed by atoms with Crippen LogP contribution in [0.1, 0.15) is 27.9 Å². The van der Waals surface area contributed by atoms with Crippen LogP contribution in [0.5, 0.6) is 0 Å². The molecule has 1 aromatic heterocycles. The first-order valence-electron chi connectivity index (χ1n) is 9.27. The molecule has 0 saturated carbocycles. The van der Waals surface area contributed by atoms with Crippen molar-refractivity contribution < 1.29 is 18.7 Å². The first-order valence-corrected chi connectivity index (χ1v) is 10.1. The minimum absolute atomic E-state index is 0.246. The van der Waals surface area contributed by atoms with E-state index in [4.69, 9.17) is 4.74 Å². The van der Waals surface area contributed by atoms with Gasteiger partial charge in [0.1, 0.15) is 15.7 Å². The number of nitrogens with zero attached hydrogens (tertiary/aromatic N) is 2. The number of carbonyl (C=O) groups is 2. The number of esters is 1. The summed E-state index contributed by atoms with van der Waals surface area (Å²) >= 11 is 1.17. The minimum Gasteiger partial charge on any atom is -0.448 e. The van der Waals surface area contributed by atoms with E-state index in [-0.39, 0.29) is 11.7 Å². The zero-order valence-electron chi connectivity index (χ0n) is 16.0. The van der Waals surface area contributed by atoms with E-state index in [1.807, 2.05) is 24.3 Å². The highest BCUT2D eigenvalue weighted by Crippen LogP contribution is 2.30. The predicted molar refractivity (Wildman–Crippen MR) is 110 cm³/mol. The Morgan fingerprint density at radius 3 is 2.66 bits per heavy atom. The van der Waals surface area contributed by atoms with Crippen molar-refractivity contribution in [1.82, 2.24) is 4.98 Å². The number of ether oxygens (including phenoxy) is 1. The first kappa shape index (κ1) is 19.3. The van der Waals surface area contributed by atoms with Crippen LogP contribution in [0.4, 0.5) is 10.1 Å². The van der Waals surface area contributed by atoms with Gasteiger partial charge in [0.25, 0.3) is 5.91 Å². The Balaban J connectivity index is 1.48. The number of hydrogen-bond donors (Lipinski definition) is 0. The minimum atomic E-state index is -0.913. The first-order chi connectivity index (χ1) is 13.9. The normalized spacial score (nSPS) is 13.8. The van der Waals surface area contributed by atoms with Gasteiger partial charge in [-0.3, -0.25) is 4.79 Å². The number of thiazole rings is 1. The summed E-state index contributed by atoms with van der Waals surface area (Å²) in [6.45, 7) is 3.87. The van der Waals surface area contributed by atoms with Gasteiger partial charge in [0.15, 0.2) is 6.10 Å². The molecule has 0 N–H and O–H groups in total. The van der Waals surface area contributed by atoms with E-state index in [2.05, 4.69) is 4.98 Å². The van der Waals surface area contributed by atoms with Crippen LogP contribution < -0.4 is 4.90 Å². The fourth-order valence-electron chi connectivity index (χ4n) is 3.35. The SMILES string of the molecule is Cc1nc(-c2ccc(F)cc2)sc1C(=O)O[C@H](C)C(=O)N1CCc2ccccc21. The number of carbonyl (C=O) groups excluding carboxylic acids is 2. The summed E-state index contributed by atoms with van der Waals surface area (Å²) in [6.07, 6.45) is -0.123. The van der Waals surface area contributed by atoms with Gasteiger partial charge in [-0.2, -0.15) is 0 Å². The zero-order valence-corrected chi connectivity index (χ0v) is 16.8. The molecule has 0 fully saturated rings. The molecule has 1 aliphatic rings. The third kappa shape index (κ3) is 3.78. The van der Waals surface area contributed by atoms with Crippen molar-refractivity contribution in [2.45, 2.75) is 26.4 Å². The highest BCUT2D eigenvalue weighted by Gasteiger charge is 2.30. The molecule has 2 aromatic carbocycles. The van der Waals surface area contributed by atoms with E-state index >= 15 is 0 Å². The second-order valence-corrected chi connectivity index (χ2v) is 7.86. The molecule has 1 aliphatic heterocycles. The maximum atomic E-state index is 13.1. The Bertz CT molecular complexity index is 1080. The molecule has 29 heavy (non-hydrogen) atoms. The lowest BCUT2D eigenvalue weighted by molar-refractivity contribution is -0.126. The number of fused-ring (bicyclic) bond motifs is 1. The van der Waals surface area contributed by atoms with E-state index in [1.165, 1.54) is 23.5 Å². The van der Waals surface area contributed by atoms with Crippen molar-refractivity contribution in [2.75, 3.05) is 11.4 Å². The summed E-state index contributed by atoms with van der Waals surface area (Å²) in [5, 5.41) is 0.599. The maximum absolute atomic E-state index is 13.1. The lowest BCUT2D eigenvalue weighted by Gasteiger charge is -2.21. The van der Waals surface area contributed by atoms with Gasteiger partial charge in [-0.05, 0) is 56.2 Å². The number of benzene rings is 2. The molecule has 7 heteroatoms. The molecule has 4 rings (SSSR count). The molecule has 5 nitrogen and oxygen atoms in total. The summed E-state index contributed by atoms with van der Waals surface area (Å²) < 4.78 is 18.6. The monoisotopic (exact) mass is 410 g/mol. The number of amides is 1. The Kier molecular flexibility index (Phi) is 5.15. The van der Waals surface area contributed by atoms with Crippen LogP contribution in [-0.2, 0) is 16.0 Å². The lowest BCUT2D eigenvalue weighted by atomic mass is 10.2. The van der Waals surface area contributed by atoms with Gasteiger partial charge in [-0.1, -0.05) is 18.2 Å². The molecule has 1 amide bonds. The molecule has 0 unspecified atom stereocenters. The summed E-state index contributed by atoms with van der Waals surface area (Å²) in [5.41, 5.74) is 3.22. The summed E-state index contributed by atoms with van der Waals surface area (Å²) in [6, 6.07) is 13.6. The van der Waals surface area contributed by atoms with Gasteiger partial charge in [0.05, 0.1) is 5.69 Å². The molecule has 0 spiro atoms. The van der Waals surface area contributed by atoms with Gasteiger partial charge in [0.2, 0.25) is 0 Å². The molecule has 0 saturated heterocycles. The highest BCUT2D eigenvalue weighted by molar-refractivity contribution is 7.17. The van der Waals surface area contributed by atoms with Gasteiger partial charge in [0, 0.05) is 17.8 Å². The molecule has 0 bridgehead atoms. The number of halogens is 1. The van der Waals surface area contributed by atoms with Crippen LogP contribution >= 0.6 is 11.3 Å². The van der Waals surface area contributed by atoms with Crippen molar-refractivity contribution >= 4 is 28.9 Å². The quantitative estimate of drug-likeness (QED) is 0.599. The number of anilines is 1. The Hall–Kier alpha value is -3.06. The van der Waals surface area contributed by atoms with Crippen LogP contribution in [0.2, 0.25) is 0 Å². The maximum Gasteiger partial charge on any atom is 0.351 e. The van der Waals surface area contributed by atoms with E-state index in [1.54, 1.807) is 30.9 Å². The number of rotatable bonds is 4. The van der Waals surface area contributed by atoms with E-state index in [0.29, 0.717) is 22.1 Å². The van der Waals surface area contributed by atoms with Gasteiger partial charge >= 0.3 is 5.97 Å². The predicted octanol–water partition coefficient (Wildman–Crippen LogP) is 4.39. The molecule has 0 aliphatic carbocycles. The van der Waals surface area contributed by atoms with Crippen molar-refractivity contribution in [3.63, 3.8) is 0 Å². The van der Waals surface area contributed by atoms with E-state index in [0.717, 1.165) is 23.2 Å². The fraction of sp³-hybridized carbons (Fsp3) is 0.227. The summed E-state index contributed by atoms with van der Waals surface area (Å²) in [5.74, 6) is -1.16. The molecule has 1 atom stereocenters. The largest absolute Gasteiger partial charge is 0.448 e. The average Bonchev–Trinajstić information content (AvgIpc) is 3.31. The van der Waals surface area contributed by atoms with Crippen molar-refractivity contribution in [3.05, 3.63) is 70.5 Å². The standard InChI is InChI=1S/C22H19FN2O3S/c1-13-19(29-20(24-13)16-7-9-17(23)10-8-16)22(27)28-14(2)21(26)25-12-11-15-5-3-4-6-18(15)25/h3-10,14H,11-12H2,1-2H3/t14-/m1/s1. The fourth-order valence-corrected chi connectivity index (χ4v) is 4.31. The van der Waals surface area contributed by atoms with Crippen LogP contribution in [-0.4, -0.2) is 29.5 Å².